The van der Waals surface area contributed by atoms with Crippen LogP contribution in [0.15, 0.2) is 0 Å². The Morgan fingerprint density at radius 1 is 0.384 bits per heavy atom. The molecule has 0 unspecified atom stereocenters. The first-order valence-corrected chi connectivity index (χ1v) is 54.7. The van der Waals surface area contributed by atoms with Gasteiger partial charge in [0.2, 0.25) is 5.78 Å². The summed E-state index contributed by atoms with van der Waals surface area (Å²) in [5.74, 6) is 38.7. The van der Waals surface area contributed by atoms with E-state index in [0.717, 1.165) is 118 Å². The van der Waals surface area contributed by atoms with Crippen LogP contribution in [-0.4, -0.2) is 106 Å². The molecule has 2 aliphatic carbocycles. The molecule has 2 heterocycles. The fraction of sp³-hybridized carbons (Fsp3) is 0.679. The summed E-state index contributed by atoms with van der Waals surface area (Å²) in [6.07, 6.45) is 11.2. The maximum atomic E-state index is 13.2. The van der Waals surface area contributed by atoms with E-state index in [1.165, 1.54) is 32.6 Å². The van der Waals surface area contributed by atoms with Crippen LogP contribution in [0.2, 0.25) is 109 Å². The zero-order chi connectivity index (χ0) is 75.2. The molecule has 0 radical (unpaired) electrons. The number of Topliss-reactive ketones (excluding diaryl/α,β-unsaturated/α-hetero) is 3. The van der Waals surface area contributed by atoms with Crippen LogP contribution < -0.4 is 19.8 Å². The van der Waals surface area contributed by atoms with Crippen LogP contribution in [0.25, 0.3) is 0 Å². The Morgan fingerprint density at radius 2 is 0.768 bits per heavy atom. The van der Waals surface area contributed by atoms with Gasteiger partial charge in [-0.3, -0.25) is 14.4 Å². The average molecular weight is 1450 g/mol. The SMILES string of the molecule is CC(C)(C)[Si](C)(C)OCCC#CC#CCCC(=O)C#CC#CCCCO[Si](C)(C)C(C)(C)C.CC(C)(C)[Si](C)(C)OCCC#Cc1c2c(c([Si](C)(C)C(C)(C)C)c3c1CCC3=O)OCCC2.CC(C)(C)[Si](C)(C)OCCCC#Cc1c2c(c([Si](C)(C)C(C)(C)C)c3c1C(=O)CC3)OCC2. The van der Waals surface area contributed by atoms with Gasteiger partial charge in [0.1, 0.15) is 11.5 Å². The van der Waals surface area contributed by atoms with Crippen LogP contribution in [0.4, 0.5) is 0 Å². The Balaban J connectivity index is 0.000000315. The van der Waals surface area contributed by atoms with E-state index in [0.29, 0.717) is 51.9 Å². The quantitative estimate of drug-likeness (QED) is 0.0624. The predicted octanol–water partition coefficient (Wildman–Crippen LogP) is 19.8. The number of rotatable bonds is 18. The zero-order valence-electron chi connectivity index (χ0n) is 68.0. The molecule has 2 aromatic rings. The second-order valence-electron chi connectivity index (χ2n) is 36.8. The van der Waals surface area contributed by atoms with Crippen LogP contribution >= 0.6 is 0 Å². The van der Waals surface area contributed by atoms with E-state index in [1.54, 1.807) is 0 Å². The van der Waals surface area contributed by atoms with Gasteiger partial charge in [-0.2, -0.15) is 0 Å². The number of carbonyl (C=O) groups excluding carboxylic acids is 3. The Bertz CT molecular complexity index is 3620. The molecule has 99 heavy (non-hydrogen) atoms. The van der Waals surface area contributed by atoms with Gasteiger partial charge in [0, 0.05) is 118 Å². The lowest BCUT2D eigenvalue weighted by atomic mass is 9.92. The fourth-order valence-corrected chi connectivity index (χ4v) is 20.1. The molecule has 0 fully saturated rings. The molecule has 15 heteroatoms. The summed E-state index contributed by atoms with van der Waals surface area (Å²) >= 11 is 0. The maximum Gasteiger partial charge on any atom is 0.207 e. The first-order valence-electron chi connectivity index (χ1n) is 37.1. The molecule has 2 aliphatic heterocycles. The highest BCUT2D eigenvalue weighted by atomic mass is 28.4. The highest BCUT2D eigenvalue weighted by Crippen LogP contribution is 2.47. The van der Waals surface area contributed by atoms with Crippen LogP contribution in [0.1, 0.15) is 249 Å². The van der Waals surface area contributed by atoms with Gasteiger partial charge in [0.05, 0.1) is 29.4 Å². The van der Waals surface area contributed by atoms with Crippen molar-refractivity contribution in [2.45, 2.75) is 330 Å². The molecule has 0 saturated heterocycles. The fourth-order valence-electron chi connectivity index (χ4n) is 10.8. The standard InChI is InChI=1S/3C28H44O3Si2/c1-27(2,3)32(7,8)26-24-21(16-17-23(24)29)20(22-15-13-18-30-25(22)26)14-11-12-19-31-33(9,10)28(4,5)6;1-27(2,3)32(7,8)26-22-15-16-23(29)24(22)20(21-17-19-30-25(21)26)14-12-11-13-18-31-33(9,10)28(4,5)6;1-27(2,3)32(7,8)30-24-20-16-12-11-14-18-22-26(29)23-19-15-13-17-21-25-31-33(9,10)28(4,5)6/h12-13,15-19H2,1-10H3;11,13,15-19H2,1-10H3;17-18,20-22,24-25H2,1-10H3. The third kappa shape index (κ3) is 23.0. The first-order chi connectivity index (χ1) is 45.3. The van der Waals surface area contributed by atoms with Gasteiger partial charge in [-0.15, -0.1) is 0 Å². The van der Waals surface area contributed by atoms with Gasteiger partial charge >= 0.3 is 0 Å². The molecule has 0 spiro atoms. The zero-order valence-corrected chi connectivity index (χ0v) is 74.0. The van der Waals surface area contributed by atoms with Crippen molar-refractivity contribution >= 4 is 77.1 Å². The van der Waals surface area contributed by atoms with E-state index < -0.39 is 49.4 Å². The van der Waals surface area contributed by atoms with E-state index in [-0.39, 0.29) is 47.6 Å². The van der Waals surface area contributed by atoms with Crippen molar-refractivity contribution in [2.24, 2.45) is 0 Å². The van der Waals surface area contributed by atoms with Gasteiger partial charge in [0.15, 0.2) is 44.8 Å². The summed E-state index contributed by atoms with van der Waals surface area (Å²) in [6.45, 7) is 72.9. The summed E-state index contributed by atoms with van der Waals surface area (Å²) in [4.78, 5) is 38.0. The van der Waals surface area contributed by atoms with Crippen molar-refractivity contribution in [1.29, 1.82) is 0 Å². The molecule has 6 rings (SSSR count). The largest absolute Gasteiger partial charge is 0.493 e. The summed E-state index contributed by atoms with van der Waals surface area (Å²) in [5, 5.41) is 3.83. The van der Waals surface area contributed by atoms with E-state index in [9.17, 15) is 14.4 Å². The van der Waals surface area contributed by atoms with Crippen LogP contribution in [0, 0.1) is 71.0 Å². The van der Waals surface area contributed by atoms with Crippen molar-refractivity contribution in [2.75, 3.05) is 39.6 Å². The van der Waals surface area contributed by atoms with Crippen molar-refractivity contribution in [3.8, 4) is 82.5 Å². The normalized spacial score (nSPS) is 14.8. The van der Waals surface area contributed by atoms with Gasteiger partial charge in [0.25, 0.3) is 0 Å². The van der Waals surface area contributed by atoms with Gasteiger partial charge in [-0.05, 0) is 172 Å². The molecule has 0 N–H and O–H groups in total. The van der Waals surface area contributed by atoms with Crippen molar-refractivity contribution in [3.63, 3.8) is 0 Å². The number of hydrogen-bond donors (Lipinski definition) is 0. The lowest BCUT2D eigenvalue weighted by molar-refractivity contribution is -0.113. The summed E-state index contributed by atoms with van der Waals surface area (Å²) in [6, 6.07) is 0. The number of benzene rings is 2. The minimum atomic E-state index is -1.97. The van der Waals surface area contributed by atoms with Crippen molar-refractivity contribution in [1.82, 2.24) is 0 Å². The minimum absolute atomic E-state index is 0.131. The van der Waals surface area contributed by atoms with E-state index in [4.69, 9.17) is 27.2 Å². The molecule has 0 saturated carbocycles. The van der Waals surface area contributed by atoms with Crippen LogP contribution in [0.5, 0.6) is 11.5 Å². The Hall–Kier alpha value is -4.45. The lowest BCUT2D eigenvalue weighted by Crippen LogP contribution is -2.52. The third-order valence-electron chi connectivity index (χ3n) is 23.4. The first kappa shape index (κ1) is 87.0. The monoisotopic (exact) mass is 1450 g/mol. The van der Waals surface area contributed by atoms with E-state index in [1.807, 2.05) is 0 Å². The van der Waals surface area contributed by atoms with Gasteiger partial charge < -0.3 is 27.2 Å². The molecule has 0 atom stereocenters. The smallest absolute Gasteiger partial charge is 0.207 e. The van der Waals surface area contributed by atoms with E-state index in [2.05, 4.69) is 274 Å². The van der Waals surface area contributed by atoms with Crippen molar-refractivity contribution < 1.29 is 41.6 Å². The molecule has 0 amide bonds. The number of carbonyl (C=O) groups is 3. The van der Waals surface area contributed by atoms with Gasteiger partial charge in [-0.1, -0.05) is 192 Å². The topological polar surface area (TPSA) is 107 Å². The van der Waals surface area contributed by atoms with Gasteiger partial charge in [-0.25, -0.2) is 0 Å². The molecular formula is C84H132O9Si6. The average Bonchev–Trinajstić information content (AvgIpc) is 1.38. The molecular weight excluding hydrogens is 1320 g/mol. The number of unbranched alkanes of at least 4 members (excludes halogenated alkanes) is 2. The molecule has 4 aliphatic rings. The summed E-state index contributed by atoms with van der Waals surface area (Å²) in [7, 11) is -10.7. The van der Waals surface area contributed by atoms with E-state index >= 15 is 0 Å². The Labute approximate surface area is 611 Å². The molecule has 0 aromatic heterocycles. The second kappa shape index (κ2) is 34.9. The second-order valence-corrected chi connectivity index (χ2v) is 66.5. The number of fused-ring (bicyclic) bond motifs is 4. The highest BCUT2D eigenvalue weighted by molar-refractivity contribution is 6.94. The molecule has 0 bridgehead atoms. The number of ketones is 3. The molecule has 2 aromatic carbocycles. The highest BCUT2D eigenvalue weighted by Gasteiger charge is 2.48. The van der Waals surface area contributed by atoms with Crippen LogP contribution in [0.3, 0.4) is 0 Å². The van der Waals surface area contributed by atoms with Crippen molar-refractivity contribution in [3.05, 3.63) is 44.5 Å². The maximum absolute atomic E-state index is 13.2. The van der Waals surface area contributed by atoms with Crippen LogP contribution in [-0.2, 0) is 48.2 Å². The summed E-state index contributed by atoms with van der Waals surface area (Å²) in [5.41, 5.74) is 8.82. The molecule has 9 nitrogen and oxygen atoms in total. The predicted molar refractivity (Wildman–Crippen MR) is 434 cm³/mol. The third-order valence-corrected chi connectivity index (χ3v) is 52.6. The Kier molecular flexibility index (Phi) is 30.6. The lowest BCUT2D eigenvalue weighted by Gasteiger charge is -2.41. The minimum Gasteiger partial charge on any atom is -0.493 e. The number of ether oxygens (including phenoxy) is 2. The number of hydrogen-bond acceptors (Lipinski definition) is 9. The molecule has 546 valence electrons. The Morgan fingerprint density at radius 3 is 1.27 bits per heavy atom. The summed E-state index contributed by atoms with van der Waals surface area (Å²) < 4.78 is 37.4.